The first-order valence-corrected chi connectivity index (χ1v) is 5.97. The Morgan fingerprint density at radius 2 is 2.28 bits per heavy atom. The van der Waals surface area contributed by atoms with Gasteiger partial charge in [-0.3, -0.25) is 0 Å². The number of unbranched alkanes of at least 4 members (excludes halogenated alkanes) is 1. The van der Waals surface area contributed by atoms with Crippen LogP contribution in [-0.2, 0) is 0 Å². The van der Waals surface area contributed by atoms with Crippen LogP contribution in [0.2, 0.25) is 0 Å². The number of nitrogens with one attached hydrogen (secondary N) is 1. The molecule has 96 valence electrons. The predicted molar refractivity (Wildman–Crippen MR) is 68.1 cm³/mol. The van der Waals surface area contributed by atoms with E-state index in [1.165, 1.54) is 4.52 Å². The van der Waals surface area contributed by atoms with Gasteiger partial charge in [-0.25, -0.2) is 14.3 Å². The van der Waals surface area contributed by atoms with Crippen molar-refractivity contribution in [2.24, 2.45) is 0 Å². The minimum atomic E-state index is -1.02. The zero-order valence-corrected chi connectivity index (χ0v) is 10.5. The highest BCUT2D eigenvalue weighted by atomic mass is 16.4. The zero-order chi connectivity index (χ0) is 13.1. The van der Waals surface area contributed by atoms with Gasteiger partial charge in [0.15, 0.2) is 11.3 Å². The number of rotatable bonds is 5. The van der Waals surface area contributed by atoms with Crippen molar-refractivity contribution in [2.45, 2.75) is 26.7 Å². The average molecular weight is 248 g/mol. The molecule has 2 aromatic heterocycles. The molecule has 6 nitrogen and oxygen atoms in total. The Bertz CT molecular complexity index is 577. The third kappa shape index (κ3) is 2.27. The molecule has 2 N–H and O–H groups in total. The molecule has 0 fully saturated rings. The summed E-state index contributed by atoms with van der Waals surface area (Å²) in [5.74, 6) is -0.353. The van der Waals surface area contributed by atoms with Crippen molar-refractivity contribution < 1.29 is 9.90 Å². The van der Waals surface area contributed by atoms with E-state index in [9.17, 15) is 4.79 Å². The number of fused-ring (bicyclic) bond motifs is 1. The summed E-state index contributed by atoms with van der Waals surface area (Å²) in [6.45, 7) is 4.60. The minimum absolute atomic E-state index is 0.115. The first kappa shape index (κ1) is 12.3. The summed E-state index contributed by atoms with van der Waals surface area (Å²) < 4.78 is 1.37. The summed E-state index contributed by atoms with van der Waals surface area (Å²) in [6, 6.07) is 3.57. The van der Waals surface area contributed by atoms with E-state index in [4.69, 9.17) is 5.11 Å². The number of carboxylic acids is 1. The standard InChI is InChI=1S/C12H16N4O2/c1-3-4-7-13-9-5-6-10-14-8(2)11(12(17)18)16(10)15-9/h5-6H,3-4,7H2,1-2H3,(H,13,15)(H,17,18). The molecule has 0 bridgehead atoms. The number of hydrogen-bond acceptors (Lipinski definition) is 4. The highest BCUT2D eigenvalue weighted by Crippen LogP contribution is 2.13. The number of aromatic nitrogens is 3. The van der Waals surface area contributed by atoms with Crippen LogP contribution in [0.4, 0.5) is 5.82 Å². The number of imidazole rings is 1. The molecule has 0 amide bonds. The lowest BCUT2D eigenvalue weighted by molar-refractivity contribution is 0.0687. The van der Waals surface area contributed by atoms with Crippen LogP contribution in [0.15, 0.2) is 12.1 Å². The molecule has 0 spiro atoms. The second-order valence-electron chi connectivity index (χ2n) is 4.12. The monoisotopic (exact) mass is 248 g/mol. The van der Waals surface area contributed by atoms with Crippen molar-refractivity contribution in [3.63, 3.8) is 0 Å². The van der Waals surface area contributed by atoms with Crippen molar-refractivity contribution in [3.8, 4) is 0 Å². The Labute approximate surface area is 105 Å². The number of aromatic carboxylic acids is 1. The van der Waals surface area contributed by atoms with Crippen LogP contribution in [0, 0.1) is 6.92 Å². The molecule has 18 heavy (non-hydrogen) atoms. The number of carboxylic acid groups (broad SMARTS) is 1. The van der Waals surface area contributed by atoms with Gasteiger partial charge in [0.2, 0.25) is 0 Å². The van der Waals surface area contributed by atoms with Crippen LogP contribution < -0.4 is 5.32 Å². The van der Waals surface area contributed by atoms with Gasteiger partial charge < -0.3 is 10.4 Å². The summed E-state index contributed by atoms with van der Waals surface area (Å²) in [5, 5.41) is 16.5. The molecule has 0 aliphatic carbocycles. The molecular formula is C12H16N4O2. The van der Waals surface area contributed by atoms with E-state index in [-0.39, 0.29) is 5.69 Å². The lowest BCUT2D eigenvalue weighted by Gasteiger charge is -2.05. The van der Waals surface area contributed by atoms with Crippen LogP contribution in [0.5, 0.6) is 0 Å². The van der Waals surface area contributed by atoms with E-state index in [0.29, 0.717) is 17.2 Å². The Morgan fingerprint density at radius 3 is 2.94 bits per heavy atom. The van der Waals surface area contributed by atoms with Crippen molar-refractivity contribution in [1.29, 1.82) is 0 Å². The van der Waals surface area contributed by atoms with E-state index >= 15 is 0 Å². The van der Waals surface area contributed by atoms with Crippen molar-refractivity contribution in [2.75, 3.05) is 11.9 Å². The van der Waals surface area contributed by atoms with Crippen molar-refractivity contribution >= 4 is 17.4 Å². The Kier molecular flexibility index (Phi) is 3.45. The largest absolute Gasteiger partial charge is 0.476 e. The van der Waals surface area contributed by atoms with Crippen LogP contribution in [0.1, 0.15) is 35.9 Å². The van der Waals surface area contributed by atoms with Gasteiger partial charge >= 0.3 is 5.97 Å². The molecule has 2 aromatic rings. The third-order valence-corrected chi connectivity index (χ3v) is 2.69. The number of anilines is 1. The number of hydrogen-bond donors (Lipinski definition) is 2. The molecule has 0 atom stereocenters. The summed E-state index contributed by atoms with van der Waals surface area (Å²) in [6.07, 6.45) is 2.15. The molecule has 6 heteroatoms. The zero-order valence-electron chi connectivity index (χ0n) is 10.5. The normalized spacial score (nSPS) is 10.8. The first-order chi connectivity index (χ1) is 8.63. The van der Waals surface area contributed by atoms with Gasteiger partial charge in [-0.05, 0) is 25.5 Å². The van der Waals surface area contributed by atoms with Crippen LogP contribution in [-0.4, -0.2) is 32.2 Å². The maximum atomic E-state index is 11.1. The van der Waals surface area contributed by atoms with E-state index in [0.717, 1.165) is 19.4 Å². The Morgan fingerprint density at radius 1 is 1.50 bits per heavy atom. The van der Waals surface area contributed by atoms with Gasteiger partial charge in [-0.15, -0.1) is 5.10 Å². The van der Waals surface area contributed by atoms with E-state index in [1.807, 2.05) is 6.07 Å². The van der Waals surface area contributed by atoms with Gasteiger partial charge in [-0.1, -0.05) is 13.3 Å². The summed E-state index contributed by atoms with van der Waals surface area (Å²) in [5.41, 5.74) is 1.13. The van der Waals surface area contributed by atoms with E-state index in [1.54, 1.807) is 13.0 Å². The molecule has 0 aromatic carbocycles. The predicted octanol–water partition coefficient (Wildman–Crippen LogP) is 1.95. The average Bonchev–Trinajstić information content (AvgIpc) is 2.64. The second kappa shape index (κ2) is 5.03. The second-order valence-corrected chi connectivity index (χ2v) is 4.12. The van der Waals surface area contributed by atoms with Gasteiger partial charge in [0.05, 0.1) is 5.69 Å². The topological polar surface area (TPSA) is 79.5 Å². The van der Waals surface area contributed by atoms with E-state index < -0.39 is 5.97 Å². The number of nitrogens with zero attached hydrogens (tertiary/aromatic N) is 3. The van der Waals surface area contributed by atoms with Crippen LogP contribution in [0.3, 0.4) is 0 Å². The third-order valence-electron chi connectivity index (χ3n) is 2.69. The maximum absolute atomic E-state index is 11.1. The van der Waals surface area contributed by atoms with Gasteiger partial charge in [0.1, 0.15) is 5.82 Å². The first-order valence-electron chi connectivity index (χ1n) is 5.97. The fourth-order valence-corrected chi connectivity index (χ4v) is 1.78. The van der Waals surface area contributed by atoms with Crippen molar-refractivity contribution in [1.82, 2.24) is 14.6 Å². The SMILES string of the molecule is CCCCNc1ccc2nc(C)c(C(=O)O)n2n1. The Hall–Kier alpha value is -2.11. The molecule has 0 radical (unpaired) electrons. The molecule has 0 saturated carbocycles. The summed E-state index contributed by atoms with van der Waals surface area (Å²) in [4.78, 5) is 15.3. The molecular weight excluding hydrogens is 232 g/mol. The molecule has 0 aliphatic heterocycles. The molecule has 0 aliphatic rings. The highest BCUT2D eigenvalue weighted by molar-refractivity contribution is 5.88. The number of carbonyl (C=O) groups is 1. The van der Waals surface area contributed by atoms with Gasteiger partial charge in [-0.2, -0.15) is 0 Å². The van der Waals surface area contributed by atoms with Crippen molar-refractivity contribution in [3.05, 3.63) is 23.5 Å². The maximum Gasteiger partial charge on any atom is 0.356 e. The molecule has 0 saturated heterocycles. The van der Waals surface area contributed by atoms with Gasteiger partial charge in [0.25, 0.3) is 0 Å². The lowest BCUT2D eigenvalue weighted by atomic mass is 10.3. The molecule has 2 rings (SSSR count). The quantitative estimate of drug-likeness (QED) is 0.790. The summed E-state index contributed by atoms with van der Waals surface area (Å²) in [7, 11) is 0. The van der Waals surface area contributed by atoms with Gasteiger partial charge in [0, 0.05) is 6.54 Å². The van der Waals surface area contributed by atoms with Crippen LogP contribution >= 0.6 is 0 Å². The summed E-state index contributed by atoms with van der Waals surface area (Å²) >= 11 is 0. The lowest BCUT2D eigenvalue weighted by Crippen LogP contribution is -2.09. The minimum Gasteiger partial charge on any atom is -0.476 e. The molecule has 0 unspecified atom stereocenters. The Balaban J connectivity index is 2.36. The fourth-order valence-electron chi connectivity index (χ4n) is 1.78. The molecule has 2 heterocycles. The van der Waals surface area contributed by atoms with Crippen LogP contribution in [0.25, 0.3) is 5.65 Å². The highest BCUT2D eigenvalue weighted by Gasteiger charge is 2.16. The van der Waals surface area contributed by atoms with E-state index in [2.05, 4.69) is 22.3 Å². The smallest absolute Gasteiger partial charge is 0.356 e. The number of aryl methyl sites for hydroxylation is 1. The fraction of sp³-hybridized carbons (Fsp3) is 0.417.